The second-order valence-electron chi connectivity index (χ2n) is 8.86. The third kappa shape index (κ3) is 3.33. The van der Waals surface area contributed by atoms with Crippen molar-refractivity contribution in [1.82, 2.24) is 14.8 Å². The van der Waals surface area contributed by atoms with E-state index in [4.69, 9.17) is 0 Å². The number of aryl methyl sites for hydroxylation is 1. The maximum absolute atomic E-state index is 12.7. The molecule has 5 nitrogen and oxygen atoms in total. The number of pyridine rings is 1. The van der Waals surface area contributed by atoms with Crippen molar-refractivity contribution in [3.8, 4) is 0 Å². The molecule has 2 aliphatic rings. The normalized spacial score (nSPS) is 23.8. The number of carbonyl (C=O) groups is 1. The van der Waals surface area contributed by atoms with Crippen LogP contribution in [-0.4, -0.2) is 40.3 Å². The van der Waals surface area contributed by atoms with Crippen LogP contribution in [-0.2, 0) is 11.3 Å². The van der Waals surface area contributed by atoms with Gasteiger partial charge in [0.1, 0.15) is 0 Å². The van der Waals surface area contributed by atoms with Crippen LogP contribution in [0.3, 0.4) is 0 Å². The van der Waals surface area contributed by atoms with Crippen molar-refractivity contribution in [1.29, 1.82) is 0 Å². The van der Waals surface area contributed by atoms with E-state index >= 15 is 0 Å². The minimum atomic E-state index is -0.00451. The van der Waals surface area contributed by atoms with Crippen LogP contribution in [0, 0.1) is 18.8 Å². The smallest absolute Gasteiger partial charge is 0.252 e. The first-order chi connectivity index (χ1) is 14.5. The molecule has 2 fully saturated rings. The minimum absolute atomic E-state index is 0.00451. The van der Waals surface area contributed by atoms with Gasteiger partial charge in [0, 0.05) is 50.1 Å². The molecule has 30 heavy (non-hydrogen) atoms. The highest BCUT2D eigenvalue weighted by Crippen LogP contribution is 2.45. The number of nitrogens with one attached hydrogen (secondary N) is 1. The molecule has 5 heteroatoms. The van der Waals surface area contributed by atoms with Crippen LogP contribution >= 0.6 is 0 Å². The average molecular weight is 402 g/mol. The molecule has 3 atom stereocenters. The van der Waals surface area contributed by atoms with Crippen LogP contribution in [0.1, 0.15) is 29.7 Å². The lowest BCUT2D eigenvalue weighted by Crippen LogP contribution is -2.34. The summed E-state index contributed by atoms with van der Waals surface area (Å²) in [5.41, 5.74) is 4.05. The molecule has 0 bridgehead atoms. The van der Waals surface area contributed by atoms with Gasteiger partial charge in [-0.2, -0.15) is 0 Å². The second-order valence-corrected chi connectivity index (χ2v) is 8.86. The fraction of sp³-hybridized carbons (Fsp3) is 0.360. The zero-order chi connectivity index (χ0) is 20.8. The highest BCUT2D eigenvalue weighted by molar-refractivity contribution is 5.79. The lowest BCUT2D eigenvalue weighted by molar-refractivity contribution is -0.130. The predicted molar refractivity (Wildman–Crippen MR) is 118 cm³/mol. The first-order valence-corrected chi connectivity index (χ1v) is 10.7. The summed E-state index contributed by atoms with van der Waals surface area (Å²) < 4.78 is 0. The number of hydrogen-bond donors (Lipinski definition) is 1. The van der Waals surface area contributed by atoms with E-state index in [1.165, 1.54) is 5.56 Å². The number of aromatic nitrogens is 1. The highest BCUT2D eigenvalue weighted by Gasteiger charge is 2.48. The Morgan fingerprint density at radius 3 is 2.63 bits per heavy atom. The highest BCUT2D eigenvalue weighted by atomic mass is 16.2. The molecular formula is C25H27N3O2. The molecule has 0 aliphatic carbocycles. The zero-order valence-electron chi connectivity index (χ0n) is 17.5. The van der Waals surface area contributed by atoms with Gasteiger partial charge in [0.2, 0.25) is 5.91 Å². The van der Waals surface area contributed by atoms with Crippen molar-refractivity contribution in [2.75, 3.05) is 19.6 Å². The van der Waals surface area contributed by atoms with Crippen LogP contribution < -0.4 is 5.56 Å². The number of carbonyl (C=O) groups excluding carboxylic acids is 1. The van der Waals surface area contributed by atoms with Crippen molar-refractivity contribution >= 4 is 16.8 Å². The van der Waals surface area contributed by atoms with Crippen LogP contribution in [0.4, 0.5) is 0 Å². The number of H-pyrrole nitrogens is 1. The summed E-state index contributed by atoms with van der Waals surface area (Å²) in [6.07, 6.45) is 0. The lowest BCUT2D eigenvalue weighted by atomic mass is 9.89. The number of rotatable bonds is 3. The van der Waals surface area contributed by atoms with E-state index in [2.05, 4.69) is 34.1 Å². The largest absolute Gasteiger partial charge is 0.335 e. The number of aromatic amines is 1. The topological polar surface area (TPSA) is 56.4 Å². The Balaban J connectivity index is 1.39. The summed E-state index contributed by atoms with van der Waals surface area (Å²) in [6.45, 7) is 6.97. The number of amides is 1. The van der Waals surface area contributed by atoms with E-state index in [1.807, 2.05) is 42.2 Å². The molecule has 1 aromatic heterocycles. The molecule has 0 radical (unpaired) electrons. The summed E-state index contributed by atoms with van der Waals surface area (Å²) in [7, 11) is 0. The van der Waals surface area contributed by atoms with Gasteiger partial charge in [0.25, 0.3) is 5.56 Å². The molecule has 0 unspecified atom stereocenters. The van der Waals surface area contributed by atoms with Crippen LogP contribution in [0.25, 0.3) is 10.9 Å². The van der Waals surface area contributed by atoms with E-state index in [0.29, 0.717) is 18.4 Å². The molecule has 2 aromatic carbocycles. The molecule has 2 aliphatic heterocycles. The Hall–Kier alpha value is -2.92. The number of fused-ring (bicyclic) bond motifs is 2. The Morgan fingerprint density at radius 1 is 1.07 bits per heavy atom. The van der Waals surface area contributed by atoms with E-state index in [1.54, 1.807) is 6.92 Å². The Bertz CT molecular complexity index is 1150. The third-order valence-electron chi connectivity index (χ3n) is 6.76. The third-order valence-corrected chi connectivity index (χ3v) is 6.76. The number of likely N-dealkylation sites (tertiary alicyclic amines) is 2. The predicted octanol–water partition coefficient (Wildman–Crippen LogP) is 3.49. The fourth-order valence-electron chi connectivity index (χ4n) is 5.39. The maximum atomic E-state index is 12.7. The van der Waals surface area contributed by atoms with E-state index in [-0.39, 0.29) is 17.5 Å². The van der Waals surface area contributed by atoms with Gasteiger partial charge >= 0.3 is 0 Å². The Labute approximate surface area is 176 Å². The first-order valence-electron chi connectivity index (χ1n) is 10.7. The first kappa shape index (κ1) is 19.1. The Kier molecular flexibility index (Phi) is 4.70. The molecule has 3 aromatic rings. The van der Waals surface area contributed by atoms with Crippen molar-refractivity contribution in [3.63, 3.8) is 0 Å². The zero-order valence-corrected chi connectivity index (χ0v) is 17.5. The summed E-state index contributed by atoms with van der Waals surface area (Å²) in [5, 5.41) is 1.07. The lowest BCUT2D eigenvalue weighted by Gasteiger charge is -2.29. The van der Waals surface area contributed by atoms with E-state index < -0.39 is 0 Å². The molecule has 1 N–H and O–H groups in total. The summed E-state index contributed by atoms with van der Waals surface area (Å²) in [4.78, 5) is 32.4. The number of benzene rings is 2. The Morgan fingerprint density at radius 2 is 1.87 bits per heavy atom. The van der Waals surface area contributed by atoms with Gasteiger partial charge in [-0.15, -0.1) is 0 Å². The molecular weight excluding hydrogens is 374 g/mol. The van der Waals surface area contributed by atoms with Gasteiger partial charge in [-0.1, -0.05) is 42.5 Å². The summed E-state index contributed by atoms with van der Waals surface area (Å²) >= 11 is 0. The van der Waals surface area contributed by atoms with Gasteiger partial charge in [-0.25, -0.2) is 0 Å². The molecule has 154 valence electrons. The average Bonchev–Trinajstić information content (AvgIpc) is 3.26. The molecule has 1 amide bonds. The van der Waals surface area contributed by atoms with Crippen molar-refractivity contribution in [3.05, 3.63) is 81.6 Å². The van der Waals surface area contributed by atoms with Crippen LogP contribution in [0.15, 0.2) is 59.4 Å². The SMILES string of the molecule is CC(=O)N1C[C@H]2CN(Cc3cc4ccc(C)cc4[nH]c3=O)C[C@H]2[C@@H]1c1ccccc1. The quantitative estimate of drug-likeness (QED) is 0.731. The van der Waals surface area contributed by atoms with Crippen molar-refractivity contribution < 1.29 is 4.79 Å². The minimum Gasteiger partial charge on any atom is -0.335 e. The second kappa shape index (κ2) is 7.40. The van der Waals surface area contributed by atoms with Crippen LogP contribution in [0.2, 0.25) is 0 Å². The number of nitrogens with zero attached hydrogens (tertiary/aromatic N) is 2. The summed E-state index contributed by atoms with van der Waals surface area (Å²) in [6, 6.07) is 18.7. The number of hydrogen-bond acceptors (Lipinski definition) is 3. The van der Waals surface area contributed by atoms with Crippen molar-refractivity contribution in [2.45, 2.75) is 26.4 Å². The van der Waals surface area contributed by atoms with Crippen molar-refractivity contribution in [2.24, 2.45) is 11.8 Å². The maximum Gasteiger partial charge on any atom is 0.252 e. The van der Waals surface area contributed by atoms with Gasteiger partial charge < -0.3 is 9.88 Å². The fourth-order valence-corrected chi connectivity index (χ4v) is 5.39. The summed E-state index contributed by atoms with van der Waals surface area (Å²) in [5.74, 6) is 0.992. The molecule has 2 saturated heterocycles. The van der Waals surface area contributed by atoms with E-state index in [0.717, 1.165) is 41.7 Å². The standard InChI is InChI=1S/C25H27N3O2/c1-16-8-9-19-11-20(25(30)26-23(19)10-16)12-27-13-21-14-28(17(2)29)24(22(21)15-27)18-6-4-3-5-7-18/h3-11,21-22,24H,12-15H2,1-2H3,(H,26,30)/t21-,22-,24+/m1/s1. The molecule has 5 rings (SSSR count). The monoisotopic (exact) mass is 401 g/mol. The molecule has 0 spiro atoms. The molecule has 3 heterocycles. The molecule has 0 saturated carbocycles. The van der Waals surface area contributed by atoms with Crippen LogP contribution in [0.5, 0.6) is 0 Å². The van der Waals surface area contributed by atoms with E-state index in [9.17, 15) is 9.59 Å². The van der Waals surface area contributed by atoms with Gasteiger partial charge in [0.05, 0.1) is 6.04 Å². The van der Waals surface area contributed by atoms with Gasteiger partial charge in [0.15, 0.2) is 0 Å². The van der Waals surface area contributed by atoms with Gasteiger partial charge in [-0.3, -0.25) is 14.5 Å². The van der Waals surface area contributed by atoms with Gasteiger partial charge in [-0.05, 0) is 41.5 Å².